The Bertz CT molecular complexity index is 842. The number of imidazole rings is 1. The van der Waals surface area contributed by atoms with E-state index in [4.69, 9.17) is 11.6 Å². The molecule has 0 aliphatic carbocycles. The fourth-order valence-corrected chi connectivity index (χ4v) is 3.32. The Hall–Kier alpha value is -2.60. The van der Waals surface area contributed by atoms with Crippen molar-refractivity contribution in [2.45, 2.75) is 32.2 Å². The van der Waals surface area contributed by atoms with Crippen molar-refractivity contribution in [2.75, 3.05) is 13.1 Å². The minimum absolute atomic E-state index is 0.255. The van der Waals surface area contributed by atoms with E-state index in [2.05, 4.69) is 22.2 Å². The Kier molecular flexibility index (Phi) is 6.29. The zero-order valence-corrected chi connectivity index (χ0v) is 15.9. The van der Waals surface area contributed by atoms with Crippen LogP contribution in [0.1, 0.15) is 45.2 Å². The second-order valence-corrected chi connectivity index (χ2v) is 6.91. The van der Waals surface area contributed by atoms with Crippen LogP contribution in [0, 0.1) is 0 Å². The monoisotopic (exact) mass is 386 g/mol. The fourth-order valence-electron chi connectivity index (χ4n) is 3.20. The lowest BCUT2D eigenvalue weighted by Crippen LogP contribution is -2.29. The summed E-state index contributed by atoms with van der Waals surface area (Å²) in [6, 6.07) is 7.54. The molecule has 2 aromatic rings. The van der Waals surface area contributed by atoms with Crippen molar-refractivity contribution in [3.8, 4) is 0 Å². The van der Waals surface area contributed by atoms with Crippen molar-refractivity contribution in [1.29, 1.82) is 0 Å². The van der Waals surface area contributed by atoms with Gasteiger partial charge in [-0.15, -0.1) is 6.58 Å². The molecule has 2 N–H and O–H groups in total. The number of carbonyl (C=O) groups excluding carboxylic acids is 2. The number of hydrogen-bond donors (Lipinski definition) is 2. The van der Waals surface area contributed by atoms with Crippen molar-refractivity contribution in [3.63, 3.8) is 0 Å². The van der Waals surface area contributed by atoms with E-state index in [0.29, 0.717) is 42.6 Å². The molecule has 1 aliphatic heterocycles. The minimum Gasteiger partial charge on any atom is -0.349 e. The maximum atomic E-state index is 12.6. The van der Waals surface area contributed by atoms with Gasteiger partial charge in [0, 0.05) is 24.7 Å². The van der Waals surface area contributed by atoms with E-state index < -0.39 is 0 Å². The van der Waals surface area contributed by atoms with Crippen molar-refractivity contribution in [2.24, 2.45) is 0 Å². The number of amides is 2. The molecular weight excluding hydrogens is 364 g/mol. The molecule has 0 saturated carbocycles. The van der Waals surface area contributed by atoms with Crippen molar-refractivity contribution >= 4 is 23.4 Å². The Morgan fingerprint density at radius 1 is 1.19 bits per heavy atom. The summed E-state index contributed by atoms with van der Waals surface area (Å²) in [7, 11) is 0. The van der Waals surface area contributed by atoms with Crippen molar-refractivity contribution < 1.29 is 9.59 Å². The van der Waals surface area contributed by atoms with Crippen LogP contribution in [0.2, 0.25) is 5.02 Å². The summed E-state index contributed by atoms with van der Waals surface area (Å²) in [4.78, 5) is 29.4. The highest BCUT2D eigenvalue weighted by molar-refractivity contribution is 6.30. The second kappa shape index (κ2) is 8.86. The van der Waals surface area contributed by atoms with Crippen LogP contribution in [0.25, 0.3) is 0 Å². The lowest BCUT2D eigenvalue weighted by Gasteiger charge is -2.17. The number of nitrogens with zero attached hydrogens (tertiary/aromatic N) is 2. The van der Waals surface area contributed by atoms with Crippen LogP contribution in [0.15, 0.2) is 36.9 Å². The first kappa shape index (κ1) is 19.2. The number of hydrogen-bond acceptors (Lipinski definition) is 3. The van der Waals surface area contributed by atoms with Gasteiger partial charge in [-0.05, 0) is 43.4 Å². The van der Waals surface area contributed by atoms with Crippen molar-refractivity contribution in [3.05, 3.63) is 64.7 Å². The molecule has 0 atom stereocenters. The lowest BCUT2D eigenvalue weighted by atomic mass is 10.1. The molecule has 2 amide bonds. The Morgan fingerprint density at radius 2 is 1.96 bits per heavy atom. The highest BCUT2D eigenvalue weighted by atomic mass is 35.5. The second-order valence-electron chi connectivity index (χ2n) is 6.47. The summed E-state index contributed by atoms with van der Waals surface area (Å²) < 4.78 is 1.88. The van der Waals surface area contributed by atoms with Gasteiger partial charge in [0.1, 0.15) is 5.69 Å². The Morgan fingerprint density at radius 3 is 2.70 bits per heavy atom. The molecule has 27 heavy (non-hydrogen) atoms. The molecule has 0 saturated heterocycles. The normalized spacial score (nSPS) is 12.9. The average molecular weight is 387 g/mol. The minimum atomic E-state index is -0.263. The summed E-state index contributed by atoms with van der Waals surface area (Å²) in [5.41, 5.74) is 2.28. The molecule has 0 spiro atoms. The highest BCUT2D eigenvalue weighted by Gasteiger charge is 2.27. The molecule has 6 nitrogen and oxygen atoms in total. The summed E-state index contributed by atoms with van der Waals surface area (Å²) in [6.45, 7) is 5.16. The van der Waals surface area contributed by atoms with Gasteiger partial charge in [-0.2, -0.15) is 0 Å². The Balaban J connectivity index is 1.70. The highest BCUT2D eigenvalue weighted by Crippen LogP contribution is 2.21. The summed E-state index contributed by atoms with van der Waals surface area (Å²) in [6.07, 6.45) is 5.03. The number of aromatic nitrogens is 2. The molecular formula is C20H23ClN4O2. The number of nitrogens with one attached hydrogen (secondary N) is 2. The summed E-state index contributed by atoms with van der Waals surface area (Å²) in [5, 5.41) is 6.34. The fraction of sp³-hybridized carbons (Fsp3) is 0.350. The maximum Gasteiger partial charge on any atom is 0.287 e. The molecule has 1 aromatic heterocycles. The third kappa shape index (κ3) is 4.57. The molecule has 2 heterocycles. The topological polar surface area (TPSA) is 76.0 Å². The predicted octanol–water partition coefficient (Wildman–Crippen LogP) is 2.76. The van der Waals surface area contributed by atoms with E-state index in [0.717, 1.165) is 30.5 Å². The number of carbonyl (C=O) groups is 2. The number of halogens is 1. The third-order valence-corrected chi connectivity index (χ3v) is 4.81. The van der Waals surface area contributed by atoms with Crippen LogP contribution < -0.4 is 10.6 Å². The van der Waals surface area contributed by atoms with Gasteiger partial charge < -0.3 is 15.2 Å². The van der Waals surface area contributed by atoms with Crippen LogP contribution >= 0.6 is 11.6 Å². The van der Waals surface area contributed by atoms with E-state index in [1.54, 1.807) is 6.08 Å². The van der Waals surface area contributed by atoms with Gasteiger partial charge in [-0.25, -0.2) is 4.98 Å². The van der Waals surface area contributed by atoms with Gasteiger partial charge in [-0.3, -0.25) is 9.59 Å². The third-order valence-electron chi connectivity index (χ3n) is 4.56. The molecule has 142 valence electrons. The predicted molar refractivity (Wildman–Crippen MR) is 105 cm³/mol. The number of fused-ring (bicyclic) bond motifs is 1. The Labute approximate surface area is 163 Å². The largest absolute Gasteiger partial charge is 0.349 e. The molecule has 1 aromatic carbocycles. The number of rotatable bonds is 7. The molecule has 0 unspecified atom stereocenters. The first-order valence-corrected chi connectivity index (χ1v) is 9.49. The zero-order chi connectivity index (χ0) is 19.2. The van der Waals surface area contributed by atoms with Crippen LogP contribution in [-0.2, 0) is 19.4 Å². The quantitative estimate of drug-likeness (QED) is 0.718. The van der Waals surface area contributed by atoms with E-state index >= 15 is 0 Å². The SMILES string of the molecule is C=CCNC(=O)c1nc(C(=O)NCCc2ccc(Cl)cc2)n2c1CCCC2. The van der Waals surface area contributed by atoms with Gasteiger partial charge in [0.15, 0.2) is 5.82 Å². The molecule has 1 aliphatic rings. The van der Waals surface area contributed by atoms with Gasteiger partial charge in [0.2, 0.25) is 0 Å². The van der Waals surface area contributed by atoms with Crippen LogP contribution in [-0.4, -0.2) is 34.5 Å². The smallest absolute Gasteiger partial charge is 0.287 e. The first-order chi connectivity index (χ1) is 13.1. The molecule has 0 fully saturated rings. The maximum absolute atomic E-state index is 12.6. The first-order valence-electron chi connectivity index (χ1n) is 9.11. The van der Waals surface area contributed by atoms with Crippen LogP contribution in [0.3, 0.4) is 0 Å². The summed E-state index contributed by atoms with van der Waals surface area (Å²) >= 11 is 5.88. The molecule has 7 heteroatoms. The van der Waals surface area contributed by atoms with Crippen LogP contribution in [0.5, 0.6) is 0 Å². The molecule has 0 radical (unpaired) electrons. The average Bonchev–Trinajstić information content (AvgIpc) is 3.07. The summed E-state index contributed by atoms with van der Waals surface area (Å²) in [5.74, 6) is -0.208. The van der Waals surface area contributed by atoms with Gasteiger partial charge in [0.25, 0.3) is 11.8 Å². The standard InChI is InChI=1S/C20H23ClN4O2/c1-2-11-22-19(26)17-16-5-3-4-13-25(16)18(24-17)20(27)23-12-10-14-6-8-15(21)9-7-14/h2,6-9H,1,3-5,10-13H2,(H,22,26)(H,23,27). The van der Waals surface area contributed by atoms with E-state index in [1.165, 1.54) is 0 Å². The molecule has 3 rings (SSSR count). The van der Waals surface area contributed by atoms with Gasteiger partial charge in [-0.1, -0.05) is 29.8 Å². The van der Waals surface area contributed by atoms with E-state index in [1.807, 2.05) is 28.8 Å². The number of benzene rings is 1. The van der Waals surface area contributed by atoms with Gasteiger partial charge >= 0.3 is 0 Å². The van der Waals surface area contributed by atoms with E-state index in [9.17, 15) is 9.59 Å². The van der Waals surface area contributed by atoms with Crippen LogP contribution in [0.4, 0.5) is 0 Å². The van der Waals surface area contributed by atoms with Crippen molar-refractivity contribution in [1.82, 2.24) is 20.2 Å². The van der Waals surface area contributed by atoms with Gasteiger partial charge in [0.05, 0.1) is 5.69 Å². The molecule has 0 bridgehead atoms. The zero-order valence-electron chi connectivity index (χ0n) is 15.1. The lowest BCUT2D eigenvalue weighted by molar-refractivity contribution is 0.0938. The van der Waals surface area contributed by atoms with E-state index in [-0.39, 0.29) is 11.8 Å².